The number of carbonyl (C=O) groups excluding carboxylic acids is 1. The van der Waals surface area contributed by atoms with Gasteiger partial charge in [0.1, 0.15) is 0 Å². The van der Waals surface area contributed by atoms with Gasteiger partial charge in [0.25, 0.3) is 0 Å². The van der Waals surface area contributed by atoms with Crippen LogP contribution >= 0.6 is 12.4 Å². The van der Waals surface area contributed by atoms with E-state index in [0.717, 1.165) is 12.8 Å². The molecular formula is C16H25ClN2O3S. The number of halogens is 1. The summed E-state index contributed by atoms with van der Waals surface area (Å²) in [6, 6.07) is 6.48. The van der Waals surface area contributed by atoms with E-state index in [2.05, 4.69) is 5.32 Å². The summed E-state index contributed by atoms with van der Waals surface area (Å²) in [5.74, 6) is -0.0712. The maximum atomic E-state index is 12.7. The summed E-state index contributed by atoms with van der Waals surface area (Å²) in [7, 11) is -1.63. The molecule has 1 heterocycles. The first-order valence-corrected chi connectivity index (χ1v) is 9.12. The van der Waals surface area contributed by atoms with Crippen LogP contribution in [0.1, 0.15) is 37.0 Å². The van der Waals surface area contributed by atoms with Crippen LogP contribution in [0.3, 0.4) is 0 Å². The number of nitrogens with zero attached hydrogens (tertiary/aromatic N) is 1. The van der Waals surface area contributed by atoms with Crippen LogP contribution in [0.5, 0.6) is 0 Å². The van der Waals surface area contributed by atoms with Crippen LogP contribution in [-0.4, -0.2) is 44.7 Å². The number of piperidine rings is 1. The molecule has 5 nitrogen and oxygen atoms in total. The zero-order valence-electron chi connectivity index (χ0n) is 13.8. The third-order valence-corrected chi connectivity index (χ3v) is 5.97. The highest BCUT2D eigenvalue weighted by Crippen LogP contribution is 2.21. The number of benzene rings is 1. The first kappa shape index (κ1) is 20.1. The molecule has 1 fully saturated rings. The van der Waals surface area contributed by atoms with Crippen LogP contribution in [0, 0.1) is 5.92 Å². The van der Waals surface area contributed by atoms with Crippen LogP contribution in [0.4, 0.5) is 0 Å². The molecule has 1 unspecified atom stereocenters. The molecule has 0 radical (unpaired) electrons. The minimum Gasteiger partial charge on any atom is -0.316 e. The van der Waals surface area contributed by atoms with Crippen molar-refractivity contribution in [2.45, 2.75) is 37.6 Å². The normalized spacial score (nSPS) is 19.4. The van der Waals surface area contributed by atoms with Gasteiger partial charge < -0.3 is 5.32 Å². The summed E-state index contributed by atoms with van der Waals surface area (Å²) < 4.78 is 26.9. The minimum atomic E-state index is -3.49. The zero-order valence-corrected chi connectivity index (χ0v) is 15.4. The highest BCUT2D eigenvalue weighted by atomic mass is 35.5. The third kappa shape index (κ3) is 4.53. The van der Waals surface area contributed by atoms with Crippen molar-refractivity contribution in [2.75, 3.05) is 20.1 Å². The Morgan fingerprint density at radius 2 is 1.87 bits per heavy atom. The van der Waals surface area contributed by atoms with E-state index in [1.807, 2.05) is 20.9 Å². The van der Waals surface area contributed by atoms with Gasteiger partial charge in [-0.25, -0.2) is 8.42 Å². The first-order valence-electron chi connectivity index (χ1n) is 7.68. The number of rotatable bonds is 5. The van der Waals surface area contributed by atoms with Crippen molar-refractivity contribution < 1.29 is 13.2 Å². The number of carbonyl (C=O) groups is 1. The van der Waals surface area contributed by atoms with Crippen molar-refractivity contribution in [1.29, 1.82) is 0 Å². The standard InChI is InChI=1S/C16H24N2O3S.ClH/c1-12(2)16(19)13-6-8-15(9-7-13)22(20,21)18-10-4-5-14(11-18)17-3;/h6-9,12,14,17H,4-5,10-11H2,1-3H3;1H. The molecule has 1 atom stereocenters. The topological polar surface area (TPSA) is 66.5 Å². The number of nitrogens with one attached hydrogen (secondary N) is 1. The van der Waals surface area contributed by atoms with Crippen LogP contribution < -0.4 is 5.32 Å². The fourth-order valence-corrected chi connectivity index (χ4v) is 4.19. The Bertz CT molecular complexity index is 629. The van der Waals surface area contributed by atoms with Crippen molar-refractivity contribution in [3.05, 3.63) is 29.8 Å². The molecule has 1 aliphatic heterocycles. The van der Waals surface area contributed by atoms with E-state index in [4.69, 9.17) is 0 Å². The molecule has 0 amide bonds. The van der Waals surface area contributed by atoms with Crippen molar-refractivity contribution in [1.82, 2.24) is 9.62 Å². The molecule has 0 spiro atoms. The molecule has 1 aromatic rings. The molecule has 130 valence electrons. The molecule has 0 bridgehead atoms. The van der Waals surface area contributed by atoms with E-state index in [-0.39, 0.29) is 35.0 Å². The number of likely N-dealkylation sites (N-methyl/N-ethyl adjacent to an activating group) is 1. The van der Waals surface area contributed by atoms with Crippen LogP contribution in [-0.2, 0) is 10.0 Å². The average Bonchev–Trinajstić information content (AvgIpc) is 2.54. The highest BCUT2D eigenvalue weighted by Gasteiger charge is 2.29. The van der Waals surface area contributed by atoms with Crippen molar-refractivity contribution in [3.8, 4) is 0 Å². The first-order chi connectivity index (χ1) is 10.4. The molecule has 1 saturated heterocycles. The molecule has 0 aromatic heterocycles. The van der Waals surface area contributed by atoms with E-state index in [1.165, 1.54) is 16.4 Å². The van der Waals surface area contributed by atoms with E-state index < -0.39 is 10.0 Å². The Kier molecular flexibility index (Phi) is 7.20. The lowest BCUT2D eigenvalue weighted by Gasteiger charge is -2.31. The average molecular weight is 361 g/mol. The summed E-state index contributed by atoms with van der Waals surface area (Å²) in [6.45, 7) is 4.70. The van der Waals surface area contributed by atoms with Gasteiger partial charge in [0, 0.05) is 30.6 Å². The monoisotopic (exact) mass is 360 g/mol. The fraction of sp³-hybridized carbons (Fsp3) is 0.562. The van der Waals surface area contributed by atoms with E-state index in [1.54, 1.807) is 12.1 Å². The molecule has 1 aromatic carbocycles. The van der Waals surface area contributed by atoms with Crippen LogP contribution in [0.25, 0.3) is 0 Å². The summed E-state index contributed by atoms with van der Waals surface area (Å²) >= 11 is 0. The van der Waals surface area contributed by atoms with Gasteiger partial charge in [0.05, 0.1) is 4.90 Å². The van der Waals surface area contributed by atoms with Crippen LogP contribution in [0.15, 0.2) is 29.2 Å². The largest absolute Gasteiger partial charge is 0.316 e. The molecule has 2 rings (SSSR count). The van der Waals surface area contributed by atoms with Gasteiger partial charge in [-0.2, -0.15) is 4.31 Å². The summed E-state index contributed by atoms with van der Waals surface area (Å²) in [5.41, 5.74) is 0.556. The van der Waals surface area contributed by atoms with Gasteiger partial charge >= 0.3 is 0 Å². The third-order valence-electron chi connectivity index (χ3n) is 4.09. The number of sulfonamides is 1. The molecular weight excluding hydrogens is 336 g/mol. The molecule has 1 aliphatic rings. The van der Waals surface area contributed by atoms with E-state index in [9.17, 15) is 13.2 Å². The Morgan fingerprint density at radius 1 is 1.26 bits per heavy atom. The maximum Gasteiger partial charge on any atom is 0.243 e. The molecule has 0 saturated carbocycles. The smallest absolute Gasteiger partial charge is 0.243 e. The highest BCUT2D eigenvalue weighted by molar-refractivity contribution is 7.89. The van der Waals surface area contributed by atoms with Crippen molar-refractivity contribution in [3.63, 3.8) is 0 Å². The van der Waals surface area contributed by atoms with Crippen LogP contribution in [0.2, 0.25) is 0 Å². The number of hydrogen-bond donors (Lipinski definition) is 1. The second-order valence-electron chi connectivity index (χ2n) is 6.03. The Morgan fingerprint density at radius 3 is 2.39 bits per heavy atom. The van der Waals surface area contributed by atoms with Gasteiger partial charge in [0.15, 0.2) is 5.78 Å². The van der Waals surface area contributed by atoms with E-state index in [0.29, 0.717) is 18.7 Å². The summed E-state index contributed by atoms with van der Waals surface area (Å²) in [5, 5.41) is 3.14. The summed E-state index contributed by atoms with van der Waals surface area (Å²) in [6.07, 6.45) is 1.85. The fourth-order valence-electron chi connectivity index (χ4n) is 2.67. The molecule has 1 N–H and O–H groups in total. The lowest BCUT2D eigenvalue weighted by Crippen LogP contribution is -2.46. The maximum absolute atomic E-state index is 12.7. The Hall–Kier alpha value is -0.950. The predicted octanol–water partition coefficient (Wildman–Crippen LogP) is 2.32. The van der Waals surface area contributed by atoms with Gasteiger partial charge in [-0.15, -0.1) is 12.4 Å². The molecule has 23 heavy (non-hydrogen) atoms. The second kappa shape index (κ2) is 8.24. The zero-order chi connectivity index (χ0) is 16.3. The molecule has 0 aliphatic carbocycles. The number of Topliss-reactive ketones (excluding diaryl/α,β-unsaturated/α-hetero) is 1. The summed E-state index contributed by atoms with van der Waals surface area (Å²) in [4.78, 5) is 12.2. The quantitative estimate of drug-likeness (QED) is 0.818. The Balaban J connectivity index is 0.00000264. The van der Waals surface area contributed by atoms with Crippen molar-refractivity contribution >= 4 is 28.2 Å². The van der Waals surface area contributed by atoms with Gasteiger partial charge in [-0.1, -0.05) is 26.0 Å². The SMILES string of the molecule is CNC1CCCN(S(=O)(=O)c2ccc(C(=O)C(C)C)cc2)C1.Cl. The number of ketones is 1. The minimum absolute atomic E-state index is 0. The van der Waals surface area contributed by atoms with Gasteiger partial charge in [-0.3, -0.25) is 4.79 Å². The van der Waals surface area contributed by atoms with Crippen molar-refractivity contribution in [2.24, 2.45) is 5.92 Å². The predicted molar refractivity (Wildman–Crippen MR) is 93.7 cm³/mol. The lowest BCUT2D eigenvalue weighted by molar-refractivity contribution is 0.0939. The van der Waals surface area contributed by atoms with Gasteiger partial charge in [-0.05, 0) is 32.0 Å². The number of hydrogen-bond acceptors (Lipinski definition) is 4. The Labute approximate surface area is 144 Å². The second-order valence-corrected chi connectivity index (χ2v) is 7.97. The van der Waals surface area contributed by atoms with Gasteiger partial charge in [0.2, 0.25) is 10.0 Å². The molecule has 7 heteroatoms. The van der Waals surface area contributed by atoms with E-state index >= 15 is 0 Å². The lowest BCUT2D eigenvalue weighted by atomic mass is 10.0.